The fraction of sp³-hybridized carbons (Fsp3) is 0.0469. The van der Waals surface area contributed by atoms with E-state index in [1.54, 1.807) is 0 Å². The SMILES string of the molecule is C1=CCCC(n2c3ccccc3c3ccc4c5ccccc5n(-c5ccc6c(c5)C5(c7ccccc7-c7ccc(-c8nc(-c9ccccc9)nc(-c9ccccc9)n8)cc75)c5ccccc5-6)c4c32)=C1. The molecule has 69 heavy (non-hydrogen) atoms. The number of rotatable bonds is 5. The Labute approximate surface area is 398 Å². The summed E-state index contributed by atoms with van der Waals surface area (Å²) in [5, 5.41) is 5.02. The lowest BCUT2D eigenvalue weighted by Gasteiger charge is -2.31. The van der Waals surface area contributed by atoms with Crippen LogP contribution in [-0.2, 0) is 5.41 Å². The van der Waals surface area contributed by atoms with E-state index in [0.717, 1.165) is 35.2 Å². The first kappa shape index (κ1) is 38.2. The van der Waals surface area contributed by atoms with E-state index < -0.39 is 5.41 Å². The van der Waals surface area contributed by atoms with Crippen molar-refractivity contribution < 1.29 is 0 Å². The highest BCUT2D eigenvalue weighted by Gasteiger charge is 2.52. The van der Waals surface area contributed by atoms with Gasteiger partial charge in [0.1, 0.15) is 0 Å². The Morgan fingerprint density at radius 2 is 0.870 bits per heavy atom. The minimum absolute atomic E-state index is 0.621. The van der Waals surface area contributed by atoms with Crippen LogP contribution in [0.4, 0.5) is 0 Å². The van der Waals surface area contributed by atoms with Crippen LogP contribution < -0.4 is 0 Å². The van der Waals surface area contributed by atoms with Gasteiger partial charge in [-0.05, 0) is 93.8 Å². The molecule has 0 bridgehead atoms. The third-order valence-electron chi connectivity index (χ3n) is 15.0. The molecule has 0 amide bonds. The average Bonchev–Trinajstić information content (AvgIpc) is 4.13. The topological polar surface area (TPSA) is 48.5 Å². The molecule has 1 atom stereocenters. The molecule has 3 aliphatic carbocycles. The molecule has 1 unspecified atom stereocenters. The van der Waals surface area contributed by atoms with Crippen molar-refractivity contribution in [2.24, 2.45) is 0 Å². The highest BCUT2D eigenvalue weighted by Crippen LogP contribution is 2.63. The number of aromatic nitrogens is 5. The van der Waals surface area contributed by atoms with Gasteiger partial charge < -0.3 is 9.13 Å². The van der Waals surface area contributed by atoms with Gasteiger partial charge in [-0.15, -0.1) is 0 Å². The van der Waals surface area contributed by atoms with Gasteiger partial charge in [0.2, 0.25) is 0 Å². The van der Waals surface area contributed by atoms with Crippen molar-refractivity contribution in [3.8, 4) is 62.1 Å². The second-order valence-electron chi connectivity index (χ2n) is 18.6. The molecule has 322 valence electrons. The van der Waals surface area contributed by atoms with Crippen LogP contribution in [0, 0.1) is 0 Å². The molecule has 3 aliphatic rings. The first-order valence-corrected chi connectivity index (χ1v) is 23.9. The predicted octanol–water partition coefficient (Wildman–Crippen LogP) is 15.6. The molecule has 15 rings (SSSR count). The van der Waals surface area contributed by atoms with Crippen molar-refractivity contribution >= 4 is 49.3 Å². The molecule has 3 heterocycles. The summed E-state index contributed by atoms with van der Waals surface area (Å²) in [5.74, 6) is 1.94. The number of fused-ring (bicyclic) bond motifs is 17. The molecule has 9 aromatic carbocycles. The van der Waals surface area contributed by atoms with E-state index in [0.29, 0.717) is 17.5 Å². The normalized spacial score (nSPS) is 15.5. The largest absolute Gasteiger partial charge is 0.311 e. The maximum absolute atomic E-state index is 5.23. The summed E-state index contributed by atoms with van der Waals surface area (Å²) in [7, 11) is 0. The summed E-state index contributed by atoms with van der Waals surface area (Å²) in [6.45, 7) is 0. The second kappa shape index (κ2) is 14.5. The van der Waals surface area contributed by atoms with Gasteiger partial charge >= 0.3 is 0 Å². The van der Waals surface area contributed by atoms with E-state index >= 15 is 0 Å². The standard InChI is InChI=1S/C64H41N5/c1-4-18-40(19-5-1)61-65-62(41-20-6-2-7-21-41)67-63(66-61)42-32-34-47-45-24-10-14-28-53(45)64(55(47)38-42)54-29-15-11-25-46(54)48-35-33-44(39-56(48)64)69-58-31-17-13-27-50(58)52-37-36-51-49-26-12-16-30-57(49)68(59(51)60(52)69)43-22-8-3-9-23-43/h1-8,10-22,24-39H,9,23H2. The van der Waals surface area contributed by atoms with Crippen LogP contribution in [-0.4, -0.2) is 24.1 Å². The molecule has 0 saturated heterocycles. The summed E-state index contributed by atoms with van der Waals surface area (Å²) in [5.41, 5.74) is 19.6. The van der Waals surface area contributed by atoms with Gasteiger partial charge in [-0.1, -0.05) is 188 Å². The third-order valence-corrected chi connectivity index (χ3v) is 15.0. The number of allylic oxidation sites excluding steroid dienone is 4. The monoisotopic (exact) mass is 879 g/mol. The van der Waals surface area contributed by atoms with Crippen LogP contribution in [0.1, 0.15) is 35.1 Å². The first-order chi connectivity index (χ1) is 34.2. The van der Waals surface area contributed by atoms with Gasteiger partial charge in [-0.25, -0.2) is 15.0 Å². The van der Waals surface area contributed by atoms with E-state index in [2.05, 4.69) is 197 Å². The number of para-hydroxylation sites is 2. The van der Waals surface area contributed by atoms with Crippen molar-refractivity contribution in [1.82, 2.24) is 24.1 Å². The van der Waals surface area contributed by atoms with Gasteiger partial charge in [0.25, 0.3) is 0 Å². The van der Waals surface area contributed by atoms with Crippen molar-refractivity contribution in [2.75, 3.05) is 0 Å². The average molecular weight is 880 g/mol. The van der Waals surface area contributed by atoms with Gasteiger partial charge in [-0.3, -0.25) is 0 Å². The zero-order chi connectivity index (χ0) is 45.2. The first-order valence-electron chi connectivity index (χ1n) is 23.9. The summed E-state index contributed by atoms with van der Waals surface area (Å²) >= 11 is 0. The Hall–Kier alpha value is -8.93. The van der Waals surface area contributed by atoms with Crippen LogP contribution in [0.5, 0.6) is 0 Å². The van der Waals surface area contributed by atoms with E-state index in [1.165, 1.54) is 93.8 Å². The van der Waals surface area contributed by atoms with Crippen LogP contribution in [0.3, 0.4) is 0 Å². The van der Waals surface area contributed by atoms with E-state index in [9.17, 15) is 0 Å². The van der Waals surface area contributed by atoms with Gasteiger partial charge in [0.05, 0.1) is 27.5 Å². The molecule has 5 heteroatoms. The molecule has 3 aromatic heterocycles. The Morgan fingerprint density at radius 3 is 1.48 bits per heavy atom. The number of hydrogen-bond acceptors (Lipinski definition) is 3. The summed E-state index contributed by atoms with van der Waals surface area (Å²) in [4.78, 5) is 15.5. The second-order valence-corrected chi connectivity index (χ2v) is 18.6. The lowest BCUT2D eigenvalue weighted by molar-refractivity contribution is 0.792. The highest BCUT2D eigenvalue weighted by molar-refractivity contribution is 6.24. The smallest absolute Gasteiger partial charge is 0.164 e. The van der Waals surface area contributed by atoms with E-state index in [1.807, 2.05) is 36.4 Å². The zero-order valence-corrected chi connectivity index (χ0v) is 37.5. The van der Waals surface area contributed by atoms with Crippen molar-refractivity contribution in [1.29, 1.82) is 0 Å². The molecule has 5 nitrogen and oxygen atoms in total. The van der Waals surface area contributed by atoms with Crippen molar-refractivity contribution in [3.63, 3.8) is 0 Å². The number of nitrogens with zero attached hydrogens (tertiary/aromatic N) is 5. The molecule has 0 radical (unpaired) electrons. The highest BCUT2D eigenvalue weighted by atomic mass is 15.1. The lowest BCUT2D eigenvalue weighted by atomic mass is 9.70. The van der Waals surface area contributed by atoms with Gasteiger partial charge in [-0.2, -0.15) is 0 Å². The summed E-state index contributed by atoms with van der Waals surface area (Å²) in [6, 6.07) is 75.3. The molecule has 0 saturated carbocycles. The van der Waals surface area contributed by atoms with E-state index in [-0.39, 0.29) is 0 Å². The third kappa shape index (κ3) is 5.33. The van der Waals surface area contributed by atoms with Crippen LogP contribution in [0.25, 0.3) is 111 Å². The number of benzene rings is 9. The molecule has 1 spiro atoms. The Balaban J connectivity index is 1.02. The fourth-order valence-electron chi connectivity index (χ4n) is 12.2. The Bertz CT molecular complexity index is 4120. The zero-order valence-electron chi connectivity index (χ0n) is 37.5. The number of hydrogen-bond donors (Lipinski definition) is 0. The Kier molecular flexibility index (Phi) is 8.05. The molecule has 0 fully saturated rings. The minimum Gasteiger partial charge on any atom is -0.311 e. The van der Waals surface area contributed by atoms with Gasteiger partial charge in [0, 0.05) is 49.6 Å². The maximum Gasteiger partial charge on any atom is 0.164 e. The van der Waals surface area contributed by atoms with Crippen molar-refractivity contribution in [2.45, 2.75) is 18.3 Å². The molecule has 0 aliphatic heterocycles. The van der Waals surface area contributed by atoms with Crippen LogP contribution in [0.2, 0.25) is 0 Å². The molecule has 12 aromatic rings. The fourth-order valence-corrected chi connectivity index (χ4v) is 12.2. The lowest BCUT2D eigenvalue weighted by Crippen LogP contribution is -2.26. The van der Waals surface area contributed by atoms with Crippen molar-refractivity contribution in [3.05, 3.63) is 247 Å². The summed E-state index contributed by atoms with van der Waals surface area (Å²) < 4.78 is 5.10. The van der Waals surface area contributed by atoms with E-state index in [4.69, 9.17) is 15.0 Å². The molecule has 0 N–H and O–H groups in total. The molecular weight excluding hydrogens is 839 g/mol. The quantitative estimate of drug-likeness (QED) is 0.173. The van der Waals surface area contributed by atoms with Crippen LogP contribution >= 0.6 is 0 Å². The molecular formula is C64H41N5. The minimum atomic E-state index is -0.621. The maximum atomic E-state index is 5.23. The van der Waals surface area contributed by atoms with Gasteiger partial charge in [0.15, 0.2) is 17.5 Å². The predicted molar refractivity (Wildman–Crippen MR) is 282 cm³/mol. The Morgan fingerprint density at radius 1 is 0.377 bits per heavy atom. The summed E-state index contributed by atoms with van der Waals surface area (Å²) in [6.07, 6.45) is 8.81. The van der Waals surface area contributed by atoms with Crippen LogP contribution in [0.15, 0.2) is 224 Å².